The van der Waals surface area contributed by atoms with E-state index in [1.54, 1.807) is 6.07 Å². The van der Waals surface area contributed by atoms with Crippen LogP contribution in [-0.2, 0) is 9.59 Å². The summed E-state index contributed by atoms with van der Waals surface area (Å²) >= 11 is 2.17. The third-order valence-corrected chi connectivity index (χ3v) is 5.04. The number of amides is 4. The van der Waals surface area contributed by atoms with Crippen LogP contribution in [0.3, 0.4) is 0 Å². The van der Waals surface area contributed by atoms with Crippen LogP contribution in [0.15, 0.2) is 24.3 Å². The van der Waals surface area contributed by atoms with Crippen molar-refractivity contribution in [2.75, 3.05) is 11.9 Å². The number of carbonyl (C=O) groups excluding carboxylic acids is 3. The number of nitrogens with one attached hydrogen (secondary N) is 2. The minimum absolute atomic E-state index is 0.0979. The Balaban J connectivity index is 1.56. The summed E-state index contributed by atoms with van der Waals surface area (Å²) in [6.45, 7) is 0.113. The predicted molar refractivity (Wildman–Crippen MR) is 93.8 cm³/mol. The number of hydrogen-bond donors (Lipinski definition) is 2. The van der Waals surface area contributed by atoms with Crippen LogP contribution in [0.25, 0.3) is 0 Å². The molecule has 2 fully saturated rings. The van der Waals surface area contributed by atoms with E-state index in [9.17, 15) is 14.4 Å². The lowest BCUT2D eigenvalue weighted by molar-refractivity contribution is -0.131. The van der Waals surface area contributed by atoms with Gasteiger partial charge in [-0.05, 0) is 53.6 Å². The molecule has 0 bridgehead atoms. The summed E-state index contributed by atoms with van der Waals surface area (Å²) in [4.78, 5) is 37.7. The summed E-state index contributed by atoms with van der Waals surface area (Å²) in [5.74, 6) is -0.387. The van der Waals surface area contributed by atoms with Crippen LogP contribution in [0.1, 0.15) is 32.1 Å². The quantitative estimate of drug-likeness (QED) is 0.573. The molecule has 2 aliphatic rings. The van der Waals surface area contributed by atoms with Crippen molar-refractivity contribution in [3.8, 4) is 0 Å². The highest BCUT2D eigenvalue weighted by molar-refractivity contribution is 14.1. The summed E-state index contributed by atoms with van der Waals surface area (Å²) < 4.78 is 1.03. The van der Waals surface area contributed by atoms with Gasteiger partial charge in [0.2, 0.25) is 5.91 Å². The molecule has 1 saturated carbocycles. The first kappa shape index (κ1) is 16.2. The summed E-state index contributed by atoms with van der Waals surface area (Å²) in [6, 6.07) is 7.09. The molecular weight excluding hydrogens is 409 g/mol. The first-order valence-electron chi connectivity index (χ1n) is 7.70. The maximum Gasteiger partial charge on any atom is 0.325 e. The highest BCUT2D eigenvalue weighted by Gasteiger charge is 2.52. The van der Waals surface area contributed by atoms with Gasteiger partial charge in [-0.25, -0.2) is 4.79 Å². The van der Waals surface area contributed by atoms with Gasteiger partial charge in [-0.2, -0.15) is 0 Å². The Bertz CT molecular complexity index is 656. The van der Waals surface area contributed by atoms with Crippen molar-refractivity contribution >= 4 is 46.1 Å². The average Bonchev–Trinajstić information content (AvgIpc) is 3.04. The standard InChI is InChI=1S/C16H18IN3O3/c17-11-4-3-5-12(10-11)18-13(21)6-9-20-14(22)16(19-15(20)23)7-1-2-8-16/h3-5,10H,1-2,6-9H2,(H,18,21)(H,19,23). The molecule has 3 rings (SSSR count). The molecule has 122 valence electrons. The second kappa shape index (κ2) is 6.46. The second-order valence-electron chi connectivity index (χ2n) is 5.98. The number of benzene rings is 1. The molecular formula is C16H18IN3O3. The summed E-state index contributed by atoms with van der Waals surface area (Å²) in [7, 11) is 0. The summed E-state index contributed by atoms with van der Waals surface area (Å²) in [5, 5.41) is 5.60. The Hall–Kier alpha value is -1.64. The molecule has 1 aliphatic heterocycles. The zero-order valence-electron chi connectivity index (χ0n) is 12.6. The monoisotopic (exact) mass is 427 g/mol. The molecule has 0 unspecified atom stereocenters. The molecule has 1 saturated heterocycles. The van der Waals surface area contributed by atoms with E-state index >= 15 is 0 Å². The van der Waals surface area contributed by atoms with Gasteiger partial charge in [-0.1, -0.05) is 18.9 Å². The Morgan fingerprint density at radius 3 is 2.74 bits per heavy atom. The number of rotatable bonds is 4. The summed E-state index contributed by atoms with van der Waals surface area (Å²) in [5.41, 5.74) is 0.00897. The third kappa shape index (κ3) is 3.34. The van der Waals surface area contributed by atoms with E-state index in [-0.39, 0.29) is 30.8 Å². The van der Waals surface area contributed by atoms with Gasteiger partial charge in [0, 0.05) is 22.2 Å². The van der Waals surface area contributed by atoms with Gasteiger partial charge in [0.15, 0.2) is 0 Å². The van der Waals surface area contributed by atoms with E-state index < -0.39 is 5.54 Å². The third-order valence-electron chi connectivity index (χ3n) is 4.37. The van der Waals surface area contributed by atoms with Crippen LogP contribution in [0.4, 0.5) is 10.5 Å². The fourth-order valence-electron chi connectivity index (χ4n) is 3.20. The van der Waals surface area contributed by atoms with Crippen molar-refractivity contribution < 1.29 is 14.4 Å². The molecule has 0 aromatic heterocycles. The molecule has 7 heteroatoms. The van der Waals surface area contributed by atoms with Gasteiger partial charge in [-0.15, -0.1) is 0 Å². The molecule has 1 spiro atoms. The average molecular weight is 427 g/mol. The molecule has 6 nitrogen and oxygen atoms in total. The van der Waals surface area contributed by atoms with E-state index in [2.05, 4.69) is 33.2 Å². The Morgan fingerprint density at radius 2 is 2.04 bits per heavy atom. The Labute approximate surface area is 148 Å². The van der Waals surface area contributed by atoms with Gasteiger partial charge in [0.25, 0.3) is 5.91 Å². The van der Waals surface area contributed by atoms with E-state index in [1.807, 2.05) is 18.2 Å². The number of imide groups is 1. The van der Waals surface area contributed by atoms with Crippen molar-refractivity contribution in [2.24, 2.45) is 0 Å². The number of nitrogens with zero attached hydrogens (tertiary/aromatic N) is 1. The largest absolute Gasteiger partial charge is 0.326 e. The first-order chi connectivity index (χ1) is 11.0. The summed E-state index contributed by atoms with van der Waals surface area (Å²) in [6.07, 6.45) is 3.39. The Kier molecular flexibility index (Phi) is 4.56. The van der Waals surface area contributed by atoms with Gasteiger partial charge in [-0.3, -0.25) is 14.5 Å². The van der Waals surface area contributed by atoms with E-state index in [0.29, 0.717) is 18.5 Å². The molecule has 23 heavy (non-hydrogen) atoms. The fraction of sp³-hybridized carbons (Fsp3) is 0.438. The van der Waals surface area contributed by atoms with Crippen molar-refractivity contribution in [3.63, 3.8) is 0 Å². The van der Waals surface area contributed by atoms with Crippen LogP contribution in [0.2, 0.25) is 0 Å². The minimum atomic E-state index is -0.705. The molecule has 4 amide bonds. The second-order valence-corrected chi connectivity index (χ2v) is 7.23. The number of hydrogen-bond acceptors (Lipinski definition) is 3. The predicted octanol–water partition coefficient (Wildman–Crippen LogP) is 2.48. The molecule has 0 atom stereocenters. The maximum atomic E-state index is 12.5. The van der Waals surface area contributed by atoms with E-state index in [1.165, 1.54) is 4.90 Å². The molecule has 0 radical (unpaired) electrons. The van der Waals surface area contributed by atoms with E-state index in [0.717, 1.165) is 16.4 Å². The van der Waals surface area contributed by atoms with Crippen LogP contribution in [-0.4, -0.2) is 34.8 Å². The van der Waals surface area contributed by atoms with Crippen LogP contribution in [0.5, 0.6) is 0 Å². The first-order valence-corrected chi connectivity index (χ1v) is 8.78. The minimum Gasteiger partial charge on any atom is -0.326 e. The number of urea groups is 1. The smallest absolute Gasteiger partial charge is 0.325 e. The highest BCUT2D eigenvalue weighted by Crippen LogP contribution is 2.35. The SMILES string of the molecule is O=C(CCN1C(=O)NC2(CCCC2)C1=O)Nc1cccc(I)c1. The number of anilines is 1. The van der Waals surface area contributed by atoms with Crippen LogP contribution in [0, 0.1) is 3.57 Å². The van der Waals surface area contributed by atoms with Gasteiger partial charge >= 0.3 is 6.03 Å². The van der Waals surface area contributed by atoms with Crippen molar-refractivity contribution in [2.45, 2.75) is 37.6 Å². The number of halogens is 1. The van der Waals surface area contributed by atoms with Gasteiger partial charge in [0.1, 0.15) is 5.54 Å². The molecule has 1 heterocycles. The van der Waals surface area contributed by atoms with Gasteiger partial charge < -0.3 is 10.6 Å². The van der Waals surface area contributed by atoms with Gasteiger partial charge in [0.05, 0.1) is 0 Å². The highest BCUT2D eigenvalue weighted by atomic mass is 127. The van der Waals surface area contributed by atoms with Crippen LogP contribution >= 0.6 is 22.6 Å². The lowest BCUT2D eigenvalue weighted by Crippen LogP contribution is -2.44. The zero-order valence-corrected chi connectivity index (χ0v) is 14.8. The molecule has 1 aromatic rings. The van der Waals surface area contributed by atoms with E-state index in [4.69, 9.17) is 0 Å². The number of carbonyl (C=O) groups is 3. The normalized spacial score (nSPS) is 19.3. The molecule has 1 aromatic carbocycles. The Morgan fingerprint density at radius 1 is 1.30 bits per heavy atom. The maximum absolute atomic E-state index is 12.5. The van der Waals surface area contributed by atoms with Crippen molar-refractivity contribution in [3.05, 3.63) is 27.8 Å². The topological polar surface area (TPSA) is 78.5 Å². The fourth-order valence-corrected chi connectivity index (χ4v) is 3.74. The molecule has 2 N–H and O–H groups in total. The lowest BCUT2D eigenvalue weighted by atomic mass is 9.98. The van der Waals surface area contributed by atoms with Crippen molar-refractivity contribution in [1.29, 1.82) is 0 Å². The van der Waals surface area contributed by atoms with Crippen molar-refractivity contribution in [1.82, 2.24) is 10.2 Å². The zero-order chi connectivity index (χ0) is 16.4. The lowest BCUT2D eigenvalue weighted by Gasteiger charge is -2.19. The molecule has 1 aliphatic carbocycles. The van der Waals surface area contributed by atoms with Crippen LogP contribution < -0.4 is 10.6 Å².